The van der Waals surface area contributed by atoms with Gasteiger partial charge in [0.1, 0.15) is 0 Å². The van der Waals surface area contributed by atoms with E-state index in [1.807, 2.05) is 6.08 Å². The van der Waals surface area contributed by atoms with Crippen molar-refractivity contribution >= 4 is 0 Å². The zero-order chi connectivity index (χ0) is 6.69. The third-order valence-electron chi connectivity index (χ3n) is 2.01. The number of hydrogen-bond acceptors (Lipinski definition) is 1. The van der Waals surface area contributed by atoms with Crippen molar-refractivity contribution in [1.29, 1.82) is 0 Å². The molecular formula is C8H14O. The summed E-state index contributed by atoms with van der Waals surface area (Å²) in [6.07, 6.45) is 6.19. The molecule has 1 N–H and O–H groups in total. The summed E-state index contributed by atoms with van der Waals surface area (Å²) in [5.74, 6) is 0.720. The van der Waals surface area contributed by atoms with Gasteiger partial charge in [-0.15, -0.1) is 6.58 Å². The lowest BCUT2D eigenvalue weighted by atomic mass is 10.0. The fourth-order valence-electron chi connectivity index (χ4n) is 1.50. The minimum Gasteiger partial charge on any atom is -0.393 e. The zero-order valence-electron chi connectivity index (χ0n) is 5.71. The van der Waals surface area contributed by atoms with Gasteiger partial charge in [0.25, 0.3) is 0 Å². The molecule has 1 fully saturated rings. The van der Waals surface area contributed by atoms with Crippen LogP contribution in [0.2, 0.25) is 0 Å². The largest absolute Gasteiger partial charge is 0.393 e. The number of hydrogen-bond donors (Lipinski definition) is 1. The smallest absolute Gasteiger partial charge is 0.0543 e. The molecule has 0 bridgehead atoms. The molecule has 0 aromatic rings. The molecule has 1 nitrogen and oxygen atoms in total. The van der Waals surface area contributed by atoms with E-state index in [2.05, 4.69) is 6.58 Å². The Morgan fingerprint density at radius 2 is 2.33 bits per heavy atom. The fraction of sp³-hybridized carbons (Fsp3) is 0.750. The van der Waals surface area contributed by atoms with Crippen LogP contribution in [0.25, 0.3) is 0 Å². The fourth-order valence-corrected chi connectivity index (χ4v) is 1.50. The summed E-state index contributed by atoms with van der Waals surface area (Å²) < 4.78 is 0. The topological polar surface area (TPSA) is 20.2 Å². The van der Waals surface area contributed by atoms with E-state index < -0.39 is 0 Å². The quantitative estimate of drug-likeness (QED) is 0.558. The van der Waals surface area contributed by atoms with E-state index in [1.165, 1.54) is 6.42 Å². The van der Waals surface area contributed by atoms with Gasteiger partial charge in [-0.1, -0.05) is 6.08 Å². The van der Waals surface area contributed by atoms with Crippen molar-refractivity contribution in [1.82, 2.24) is 0 Å². The summed E-state index contributed by atoms with van der Waals surface area (Å²) in [7, 11) is 0. The van der Waals surface area contributed by atoms with Gasteiger partial charge in [-0.2, -0.15) is 0 Å². The van der Waals surface area contributed by atoms with Gasteiger partial charge in [0.15, 0.2) is 0 Å². The van der Waals surface area contributed by atoms with Crippen LogP contribution < -0.4 is 0 Å². The highest BCUT2D eigenvalue weighted by Crippen LogP contribution is 2.27. The van der Waals surface area contributed by atoms with E-state index >= 15 is 0 Å². The molecule has 0 aromatic carbocycles. The van der Waals surface area contributed by atoms with Gasteiger partial charge >= 0.3 is 0 Å². The highest BCUT2D eigenvalue weighted by atomic mass is 16.3. The lowest BCUT2D eigenvalue weighted by Crippen LogP contribution is -1.98. The third kappa shape index (κ3) is 1.83. The molecule has 0 radical (unpaired) electrons. The van der Waals surface area contributed by atoms with Crippen molar-refractivity contribution in [3.05, 3.63) is 12.7 Å². The van der Waals surface area contributed by atoms with Crippen LogP contribution in [0, 0.1) is 5.92 Å². The lowest BCUT2D eigenvalue weighted by Gasteiger charge is -2.02. The predicted octanol–water partition coefficient (Wildman–Crippen LogP) is 1.72. The predicted molar refractivity (Wildman–Crippen MR) is 38.2 cm³/mol. The van der Waals surface area contributed by atoms with Crippen molar-refractivity contribution in [3.8, 4) is 0 Å². The molecule has 1 rings (SSSR count). The first-order chi connectivity index (χ1) is 4.33. The van der Waals surface area contributed by atoms with Gasteiger partial charge in [0.05, 0.1) is 6.10 Å². The van der Waals surface area contributed by atoms with E-state index in [0.29, 0.717) is 0 Å². The molecule has 1 aliphatic carbocycles. The lowest BCUT2D eigenvalue weighted by molar-refractivity contribution is 0.178. The molecule has 52 valence electrons. The van der Waals surface area contributed by atoms with Crippen LogP contribution in [-0.2, 0) is 0 Å². The molecule has 9 heavy (non-hydrogen) atoms. The number of allylic oxidation sites excluding steroid dienone is 1. The number of rotatable bonds is 2. The molecule has 0 aliphatic heterocycles. The number of aliphatic hydroxyl groups excluding tert-OH is 1. The Hall–Kier alpha value is -0.300. The third-order valence-corrected chi connectivity index (χ3v) is 2.01. The van der Waals surface area contributed by atoms with Crippen molar-refractivity contribution in [2.45, 2.75) is 31.8 Å². The summed E-state index contributed by atoms with van der Waals surface area (Å²) >= 11 is 0. The maximum absolute atomic E-state index is 9.09. The van der Waals surface area contributed by atoms with Crippen LogP contribution in [0.3, 0.4) is 0 Å². The number of aliphatic hydroxyl groups is 1. The van der Waals surface area contributed by atoms with Gasteiger partial charge < -0.3 is 5.11 Å². The molecule has 0 amide bonds. The zero-order valence-corrected chi connectivity index (χ0v) is 5.71. The second-order valence-corrected chi connectivity index (χ2v) is 2.86. The average molecular weight is 126 g/mol. The SMILES string of the molecule is C=CC[C@@H]1CC[C@@H](O)C1. The van der Waals surface area contributed by atoms with Crippen molar-refractivity contribution in [2.24, 2.45) is 5.92 Å². The minimum absolute atomic E-state index is 0.0186. The molecule has 0 heterocycles. The second kappa shape index (κ2) is 3.02. The summed E-state index contributed by atoms with van der Waals surface area (Å²) in [6.45, 7) is 3.67. The molecule has 1 saturated carbocycles. The second-order valence-electron chi connectivity index (χ2n) is 2.86. The Bertz CT molecular complexity index is 98.7. The van der Waals surface area contributed by atoms with Gasteiger partial charge in [0, 0.05) is 0 Å². The molecule has 1 heteroatoms. The minimum atomic E-state index is -0.0186. The van der Waals surface area contributed by atoms with Crippen LogP contribution in [0.4, 0.5) is 0 Å². The first kappa shape index (κ1) is 6.81. The normalized spacial score (nSPS) is 34.8. The summed E-state index contributed by atoms with van der Waals surface area (Å²) in [4.78, 5) is 0. The van der Waals surface area contributed by atoms with E-state index in [4.69, 9.17) is 5.11 Å². The first-order valence-corrected chi connectivity index (χ1v) is 3.62. The highest BCUT2D eigenvalue weighted by Gasteiger charge is 2.20. The van der Waals surface area contributed by atoms with Crippen LogP contribution >= 0.6 is 0 Å². The molecule has 0 saturated heterocycles. The van der Waals surface area contributed by atoms with E-state index in [9.17, 15) is 0 Å². The van der Waals surface area contributed by atoms with Crippen molar-refractivity contribution in [3.63, 3.8) is 0 Å². The van der Waals surface area contributed by atoms with Gasteiger partial charge in [-0.3, -0.25) is 0 Å². The molecular weight excluding hydrogens is 112 g/mol. The van der Waals surface area contributed by atoms with Gasteiger partial charge in [-0.05, 0) is 31.6 Å². The van der Waals surface area contributed by atoms with E-state index in [-0.39, 0.29) is 6.10 Å². The molecule has 0 aromatic heterocycles. The van der Waals surface area contributed by atoms with Crippen LogP contribution in [0.1, 0.15) is 25.7 Å². The van der Waals surface area contributed by atoms with Crippen LogP contribution in [-0.4, -0.2) is 11.2 Å². The van der Waals surface area contributed by atoms with E-state index in [0.717, 1.165) is 25.2 Å². The Balaban J connectivity index is 2.21. The monoisotopic (exact) mass is 126 g/mol. The molecule has 2 atom stereocenters. The Morgan fingerprint density at radius 3 is 2.78 bits per heavy atom. The molecule has 0 unspecified atom stereocenters. The maximum Gasteiger partial charge on any atom is 0.0543 e. The molecule has 1 aliphatic rings. The average Bonchev–Trinajstić information content (AvgIpc) is 2.17. The van der Waals surface area contributed by atoms with Crippen LogP contribution in [0.5, 0.6) is 0 Å². The first-order valence-electron chi connectivity index (χ1n) is 3.62. The van der Waals surface area contributed by atoms with Gasteiger partial charge in [-0.25, -0.2) is 0 Å². The Morgan fingerprint density at radius 1 is 1.56 bits per heavy atom. The highest BCUT2D eigenvalue weighted by molar-refractivity contribution is 4.80. The Kier molecular flexibility index (Phi) is 2.29. The maximum atomic E-state index is 9.09. The Labute approximate surface area is 56.4 Å². The van der Waals surface area contributed by atoms with Crippen molar-refractivity contribution in [2.75, 3.05) is 0 Å². The van der Waals surface area contributed by atoms with E-state index in [1.54, 1.807) is 0 Å². The van der Waals surface area contributed by atoms with Gasteiger partial charge in [0.2, 0.25) is 0 Å². The van der Waals surface area contributed by atoms with Crippen LogP contribution in [0.15, 0.2) is 12.7 Å². The summed E-state index contributed by atoms with van der Waals surface area (Å²) in [5, 5.41) is 9.09. The summed E-state index contributed by atoms with van der Waals surface area (Å²) in [5.41, 5.74) is 0. The van der Waals surface area contributed by atoms with Crippen molar-refractivity contribution < 1.29 is 5.11 Å². The standard InChI is InChI=1S/C8H14O/c1-2-3-7-4-5-8(9)6-7/h2,7-9H,1,3-6H2/t7-,8-/m1/s1. The summed E-state index contributed by atoms with van der Waals surface area (Å²) in [6, 6.07) is 0. The molecule has 0 spiro atoms.